The molecule has 29 heteroatoms. The summed E-state index contributed by atoms with van der Waals surface area (Å²) in [6.45, 7) is 17.5. The van der Waals surface area contributed by atoms with Crippen LogP contribution in [0.15, 0.2) is 60.6 Å². The molecule has 4 N–H and O–H groups in total. The van der Waals surface area contributed by atoms with Crippen LogP contribution in [0.5, 0.6) is 0 Å². The Morgan fingerprint density at radius 2 is 1.33 bits per heavy atom. The van der Waals surface area contributed by atoms with Gasteiger partial charge in [-0.05, 0) is 62.7 Å². The van der Waals surface area contributed by atoms with Crippen LogP contribution < -0.4 is 21.3 Å². The highest BCUT2D eigenvalue weighted by Gasteiger charge is 2.87. The summed E-state index contributed by atoms with van der Waals surface area (Å²) in [5.41, 5.74) is -0.891. The molecule has 0 radical (unpaired) electrons. The van der Waals surface area contributed by atoms with Crippen molar-refractivity contribution in [3.63, 3.8) is 0 Å². The molecule has 6 atom stereocenters. The first-order chi connectivity index (χ1) is 39.6. The molecule has 0 aromatic rings. The largest absolute Gasteiger partial charge is 0.464 e. The number of nitrogens with zero attached hydrogens (tertiary/aromatic N) is 1. The molecular weight excluding hydrogens is 1180 g/mol. The summed E-state index contributed by atoms with van der Waals surface area (Å²) in [5, 5.41) is 9.72. The van der Waals surface area contributed by atoms with Gasteiger partial charge in [-0.2, -0.15) is 48.3 Å². The Hall–Kier alpha value is -6.00. The fraction of sp³-hybridized carbons (Fsp3) is 0.679. The van der Waals surface area contributed by atoms with E-state index in [0.29, 0.717) is 64.8 Å². The van der Waals surface area contributed by atoms with Crippen LogP contribution >= 0.6 is 11.8 Å². The predicted molar refractivity (Wildman–Crippen MR) is 289 cm³/mol. The van der Waals surface area contributed by atoms with E-state index >= 15 is 0 Å². The molecule has 0 bridgehead atoms. The lowest BCUT2D eigenvalue weighted by Crippen LogP contribution is -2.66. The van der Waals surface area contributed by atoms with E-state index in [1.165, 1.54) is 23.1 Å². The summed E-state index contributed by atoms with van der Waals surface area (Å²) >= 11 is 1.75. The maximum absolute atomic E-state index is 13.3. The van der Waals surface area contributed by atoms with Crippen molar-refractivity contribution in [2.75, 3.05) is 38.6 Å². The monoisotopic (exact) mass is 1250 g/mol. The fourth-order valence-corrected chi connectivity index (χ4v) is 9.46. The van der Waals surface area contributed by atoms with Crippen LogP contribution in [-0.4, -0.2) is 157 Å². The lowest BCUT2D eigenvalue weighted by atomic mass is 9.91. The molecule has 5 fully saturated rings. The number of hydrogen-bond acceptors (Lipinski definition) is 14. The van der Waals surface area contributed by atoms with Gasteiger partial charge in [-0.3, -0.25) is 24.1 Å². The van der Waals surface area contributed by atoms with Crippen LogP contribution in [0.2, 0.25) is 0 Å². The predicted octanol–water partition coefficient (Wildman–Crippen LogP) is 8.92. The van der Waals surface area contributed by atoms with Crippen molar-refractivity contribution in [1.29, 1.82) is 0 Å². The van der Waals surface area contributed by atoms with Gasteiger partial charge in [0.1, 0.15) is 35.9 Å². The van der Waals surface area contributed by atoms with Crippen molar-refractivity contribution in [3.05, 3.63) is 60.6 Å². The van der Waals surface area contributed by atoms with Crippen molar-refractivity contribution in [3.8, 4) is 0 Å². The van der Waals surface area contributed by atoms with E-state index in [9.17, 15) is 86.7 Å². The second-order valence-corrected chi connectivity index (χ2v) is 22.6. The topological polar surface area (TPSA) is 225 Å². The number of carbonyl (C=O) groups excluding carboxylic acids is 8. The molecule has 4 amide bonds. The van der Waals surface area contributed by atoms with Crippen molar-refractivity contribution >= 4 is 59.3 Å². The van der Waals surface area contributed by atoms with E-state index in [4.69, 9.17) is 14.2 Å². The van der Waals surface area contributed by atoms with E-state index in [0.717, 1.165) is 37.9 Å². The van der Waals surface area contributed by atoms with Crippen molar-refractivity contribution in [2.45, 2.75) is 190 Å². The quantitative estimate of drug-likeness (QED) is 0.0198. The maximum Gasteiger partial charge on any atom is 0.460 e. The van der Waals surface area contributed by atoms with E-state index in [2.05, 4.69) is 76.0 Å². The molecule has 0 unspecified atom stereocenters. The minimum Gasteiger partial charge on any atom is -0.464 e. The first-order valence-corrected chi connectivity index (χ1v) is 28.7. The Morgan fingerprint density at radius 1 is 0.741 bits per heavy atom. The van der Waals surface area contributed by atoms with Crippen LogP contribution in [0, 0.1) is 11.8 Å². The Kier molecular flexibility index (Phi) is 28.6. The number of rotatable bonds is 27. The molecule has 0 aromatic heterocycles. The van der Waals surface area contributed by atoms with Gasteiger partial charge in [0.25, 0.3) is 0 Å². The molecule has 4 aliphatic heterocycles. The minimum atomic E-state index is -7.58. The normalized spacial score (nSPS) is 23.2. The Morgan fingerprint density at radius 3 is 1.84 bits per heavy atom. The molecule has 6 aliphatic rings. The third-order valence-corrected chi connectivity index (χ3v) is 14.6. The van der Waals surface area contributed by atoms with Crippen LogP contribution in [0.25, 0.3) is 0 Å². The highest BCUT2D eigenvalue weighted by Crippen LogP contribution is 2.58. The van der Waals surface area contributed by atoms with Gasteiger partial charge in [-0.15, -0.1) is 24.9 Å². The van der Waals surface area contributed by atoms with Crippen LogP contribution in [0.4, 0.5) is 48.3 Å². The summed E-state index contributed by atoms with van der Waals surface area (Å²) in [5.74, 6) is -31.9. The maximum atomic E-state index is 13.3. The summed E-state index contributed by atoms with van der Waals surface area (Å²) in [6.07, 6.45) is 13.8. The van der Waals surface area contributed by atoms with Gasteiger partial charge >= 0.3 is 53.7 Å². The molecule has 0 aromatic carbocycles. The molecular formula is C56H76F11N5O12S. The number of ether oxygens (including phenoxy) is 4. The zero-order chi connectivity index (χ0) is 64.0. The standard InChI is InChI=1S/C21H31NO3S.C16H26N2O3.C11H8F11NO3.C8H11NO3/c1-3-4-5-6-7-8-13-19(23)22-21(2)15-14-17(25-20(21)24)16-26-18-11-9-10-12-18;1-5-7-18(8-6-2)11-13-10-14(16(20)21-13)17-15(19)9-12(3)4;12-7(13,3-5(24)23-4-1-2-26-6(4)25)8(14,15)9(16,17)10(18,19)11(20,21)22;10-7(5-1-2-5)9-6-3-4-12-8(6)11/h6-7,9-11,17H,3-5,8,12-16H2,1-2H3,(H,22,23);5-6,12-14H,1-2,7-11H2,3-4H3,(H,17,19);4H,1-3H2,(H,23,24);5-6H,1-4H2,(H,9,10)/b7-6-;;;/t17-,21-;13-,14-;4-;6-/m0000/s1. The van der Waals surface area contributed by atoms with Gasteiger partial charge in [-0.25, -0.2) is 19.2 Å². The third kappa shape index (κ3) is 22.7. The lowest BCUT2D eigenvalue weighted by molar-refractivity contribution is -0.421. The SMILES string of the molecule is C=CCN(CC=C)C[C@@H]1C[C@H](NC(=O)CC(C)C)C(=O)O1.CCCC/C=C\CCC(=O)N[C@@]1(C)CC[C@@H](CSC2=CC=CC2)OC1=O.O=C(CC(F)(F)C(F)(F)C(F)(F)C(F)(F)C(F)(F)F)N[C@H]1CCOC1=O.O=C(N[C@H]1CCOC1=O)C1CC1. The average molecular weight is 1250 g/mol. The number of carbonyl (C=O) groups is 8. The second-order valence-electron chi connectivity index (χ2n) is 21.5. The smallest absolute Gasteiger partial charge is 0.460 e. The number of allylic oxidation sites excluding steroid dienone is 6. The Labute approximate surface area is 490 Å². The Balaban J connectivity index is 0.000000305. The van der Waals surface area contributed by atoms with Crippen molar-refractivity contribution in [1.82, 2.24) is 26.2 Å². The zero-order valence-electron chi connectivity index (χ0n) is 47.8. The molecule has 6 rings (SSSR count). The average Bonchev–Trinajstić information content (AvgIpc) is 1.53. The number of thioether (sulfide) groups is 1. The minimum absolute atomic E-state index is 0.0128. The van der Waals surface area contributed by atoms with Gasteiger partial charge in [0.05, 0.1) is 19.6 Å². The van der Waals surface area contributed by atoms with E-state index in [1.807, 2.05) is 26.0 Å². The van der Waals surface area contributed by atoms with Crippen molar-refractivity contribution < 1.29 is 106 Å². The number of alkyl halides is 11. The summed E-state index contributed by atoms with van der Waals surface area (Å²) < 4.78 is 160. The highest BCUT2D eigenvalue weighted by molar-refractivity contribution is 8.03. The van der Waals surface area contributed by atoms with Gasteiger partial charge in [0, 0.05) is 63.4 Å². The van der Waals surface area contributed by atoms with Crippen LogP contribution in [-0.2, 0) is 57.3 Å². The third-order valence-electron chi connectivity index (χ3n) is 13.4. The molecule has 2 aliphatic carbocycles. The van der Waals surface area contributed by atoms with Gasteiger partial charge in [-0.1, -0.05) is 76.1 Å². The fourth-order valence-electron chi connectivity index (χ4n) is 8.44. The first kappa shape index (κ1) is 73.3. The summed E-state index contributed by atoms with van der Waals surface area (Å²) in [4.78, 5) is 95.8. The van der Waals surface area contributed by atoms with Gasteiger partial charge in [0.15, 0.2) is 0 Å². The molecule has 1 saturated carbocycles. The zero-order valence-corrected chi connectivity index (χ0v) is 48.6. The molecule has 0 spiro atoms. The molecule has 480 valence electrons. The number of hydrogen-bond donors (Lipinski definition) is 4. The van der Waals surface area contributed by atoms with E-state index < -0.39 is 65.8 Å². The number of cyclic esters (lactones) is 4. The van der Waals surface area contributed by atoms with E-state index in [1.54, 1.807) is 18.7 Å². The number of unbranched alkanes of at least 4 members (excludes halogenated alkanes) is 2. The van der Waals surface area contributed by atoms with E-state index in [-0.39, 0.29) is 78.7 Å². The van der Waals surface area contributed by atoms with Crippen molar-refractivity contribution in [2.24, 2.45) is 11.8 Å². The number of nitrogens with one attached hydrogen (secondary N) is 4. The summed E-state index contributed by atoms with van der Waals surface area (Å²) in [7, 11) is 0. The number of amides is 4. The lowest BCUT2D eigenvalue weighted by Gasteiger charge is -2.37. The number of esters is 4. The molecule has 4 heterocycles. The summed E-state index contributed by atoms with van der Waals surface area (Å²) in [6, 6.07) is -2.47. The molecule has 85 heavy (non-hydrogen) atoms. The Bertz CT molecular complexity index is 2410. The van der Waals surface area contributed by atoms with Gasteiger partial charge < -0.3 is 40.2 Å². The van der Waals surface area contributed by atoms with Crippen LogP contribution in [0.1, 0.15) is 124 Å². The molecule has 4 saturated heterocycles. The first-order valence-electron chi connectivity index (χ1n) is 27.8. The second kappa shape index (κ2) is 33.2. The van der Waals surface area contributed by atoms with Gasteiger partial charge in [0.2, 0.25) is 23.6 Å². The van der Waals surface area contributed by atoms with Crippen LogP contribution in [0.3, 0.4) is 0 Å². The number of halogens is 11. The molecule has 17 nitrogen and oxygen atoms in total. The highest BCUT2D eigenvalue weighted by atomic mass is 32.2.